The number of fused-ring (bicyclic) bond motifs is 2. The highest BCUT2D eigenvalue weighted by atomic mass is 16.6. The standard InChI is InChI=1S/C45H45N5O5.C21H23N5O3/c1-30-27-31(25-26-46-30)40-37-28-32(41(51)47-36-22-24-39(42(52)54-5)49(29-36)43(53)55-44(2,3)4)21-23-38(37)50(48-40)45(33-15-9-6-10-16-33,34-17-11-7-12-18-34)35-19-13-8-14-20-35;1-12-9-13(7-8-22-12)19-16-10-14(3-5-17(16)25-26-19)20(27)24-15-4-6-18(23-11-15)21(28)29-2/h6-21,23,25-28,36,39H,22,24,29H2,1-5H3,(H,47,51);3,5,7-10,15,18,23H,4,6,11H2,1-2H3,(H,24,27)(H,25,26)/t36-,39+;15-,18+/m11/s1. The molecule has 4 aromatic heterocycles. The van der Waals surface area contributed by atoms with Gasteiger partial charge in [0.1, 0.15) is 34.6 Å². The summed E-state index contributed by atoms with van der Waals surface area (Å²) in [5.41, 5.74) is 9.16. The van der Waals surface area contributed by atoms with Crippen LogP contribution in [0.4, 0.5) is 4.79 Å². The molecule has 0 saturated carbocycles. The fourth-order valence-electron chi connectivity index (χ4n) is 11.2. The van der Waals surface area contributed by atoms with E-state index >= 15 is 0 Å². The first-order valence-electron chi connectivity index (χ1n) is 28.1. The fraction of sp³-hybridized carbons (Fsp3) is 0.288. The topological polar surface area (TPSA) is 225 Å². The number of carbonyl (C=O) groups is 5. The first-order chi connectivity index (χ1) is 40.5. The zero-order valence-corrected chi connectivity index (χ0v) is 48.1. The normalized spacial score (nSPS) is 17.1. The van der Waals surface area contributed by atoms with E-state index in [-0.39, 0.29) is 36.4 Å². The predicted molar refractivity (Wildman–Crippen MR) is 320 cm³/mol. The molecule has 18 nitrogen and oxygen atoms in total. The van der Waals surface area contributed by atoms with Crippen LogP contribution in [0.2, 0.25) is 0 Å². The van der Waals surface area contributed by atoms with Gasteiger partial charge in [0.2, 0.25) is 0 Å². The number of benzene rings is 5. The molecule has 4 N–H and O–H groups in total. The SMILES string of the molecule is COC(=O)[C@@H]1CC[C@@H](NC(=O)c2ccc3[nH]nc(-c4ccnc(C)c4)c3c2)CN1.COC(=O)[C@@H]1CC[C@@H](NC(=O)c2ccc3c(c2)c(-c2ccnc(C)c2)nn3C(c2ccccc2)(c2ccccc2)c2ccccc2)CN1C(=O)OC(C)(C)C. The van der Waals surface area contributed by atoms with Crippen LogP contribution < -0.4 is 16.0 Å². The van der Waals surface area contributed by atoms with Gasteiger partial charge in [-0.2, -0.15) is 10.2 Å². The predicted octanol–water partition coefficient (Wildman–Crippen LogP) is 9.87. The third kappa shape index (κ3) is 12.3. The van der Waals surface area contributed by atoms with Gasteiger partial charge in [-0.15, -0.1) is 0 Å². The first kappa shape index (κ1) is 57.7. The number of methoxy groups -OCH3 is 2. The van der Waals surface area contributed by atoms with Gasteiger partial charge in [0.05, 0.1) is 25.3 Å². The summed E-state index contributed by atoms with van der Waals surface area (Å²) >= 11 is 0. The molecule has 0 bridgehead atoms. The Hall–Kier alpha value is -9.55. The maximum absolute atomic E-state index is 14.1. The van der Waals surface area contributed by atoms with Gasteiger partial charge >= 0.3 is 18.0 Å². The Balaban J connectivity index is 0.000000227. The van der Waals surface area contributed by atoms with Crippen LogP contribution in [-0.4, -0.2) is 122 Å². The van der Waals surface area contributed by atoms with E-state index in [0.29, 0.717) is 49.0 Å². The Labute approximate surface area is 487 Å². The molecule has 5 aromatic carbocycles. The van der Waals surface area contributed by atoms with E-state index in [0.717, 1.165) is 66.7 Å². The summed E-state index contributed by atoms with van der Waals surface area (Å²) in [6, 6.07) is 48.4. The fourth-order valence-corrected chi connectivity index (χ4v) is 11.2. The van der Waals surface area contributed by atoms with Gasteiger partial charge in [0.15, 0.2) is 0 Å². The summed E-state index contributed by atoms with van der Waals surface area (Å²) in [6.45, 7) is 9.80. The van der Waals surface area contributed by atoms with Crippen LogP contribution >= 0.6 is 0 Å². The molecular formula is C66H68N10O8. The number of H-pyrrole nitrogens is 1. The molecule has 0 radical (unpaired) electrons. The molecular weight excluding hydrogens is 1060 g/mol. The van der Waals surface area contributed by atoms with Crippen molar-refractivity contribution in [2.24, 2.45) is 0 Å². The van der Waals surface area contributed by atoms with Crippen LogP contribution in [0.15, 0.2) is 164 Å². The zero-order valence-electron chi connectivity index (χ0n) is 48.1. The van der Waals surface area contributed by atoms with Crippen molar-refractivity contribution < 1.29 is 38.2 Å². The van der Waals surface area contributed by atoms with E-state index < -0.39 is 35.3 Å². The summed E-state index contributed by atoms with van der Waals surface area (Å²) in [7, 11) is 2.68. The molecule has 2 aliphatic rings. The smallest absolute Gasteiger partial charge is 0.411 e. The first-order valence-corrected chi connectivity index (χ1v) is 28.1. The van der Waals surface area contributed by atoms with Crippen molar-refractivity contribution in [2.75, 3.05) is 27.3 Å². The lowest BCUT2D eigenvalue weighted by atomic mass is 9.77. The number of aromatic nitrogens is 6. The number of carbonyl (C=O) groups excluding carboxylic acids is 5. The summed E-state index contributed by atoms with van der Waals surface area (Å²) in [5, 5.41) is 23.9. The van der Waals surface area contributed by atoms with Gasteiger partial charge in [-0.05, 0) is 138 Å². The maximum atomic E-state index is 14.1. The summed E-state index contributed by atoms with van der Waals surface area (Å²) in [5.74, 6) is -1.24. The van der Waals surface area contributed by atoms with Crippen molar-refractivity contribution in [3.8, 4) is 22.5 Å². The largest absolute Gasteiger partial charge is 0.468 e. The van der Waals surface area contributed by atoms with Gasteiger partial charge < -0.3 is 30.2 Å². The van der Waals surface area contributed by atoms with Crippen molar-refractivity contribution in [3.05, 3.63) is 203 Å². The quantitative estimate of drug-likeness (QED) is 0.0508. The van der Waals surface area contributed by atoms with Crippen molar-refractivity contribution in [1.29, 1.82) is 0 Å². The van der Waals surface area contributed by atoms with Crippen LogP contribution in [0.25, 0.3) is 44.3 Å². The number of likely N-dealkylation sites (tertiary alicyclic amines) is 1. The molecule has 6 heterocycles. The van der Waals surface area contributed by atoms with Crippen LogP contribution in [0.1, 0.15) is 95.2 Å². The van der Waals surface area contributed by atoms with E-state index in [1.54, 1.807) is 39.2 Å². The number of hydrogen-bond acceptors (Lipinski definition) is 13. The van der Waals surface area contributed by atoms with Gasteiger partial charge in [0, 0.05) is 82.0 Å². The van der Waals surface area contributed by atoms with E-state index in [1.165, 1.54) is 19.1 Å². The molecule has 0 unspecified atom stereocenters. The molecule has 4 atom stereocenters. The lowest BCUT2D eigenvalue weighted by molar-refractivity contribution is -0.148. The Kier molecular flexibility index (Phi) is 17.1. The third-order valence-electron chi connectivity index (χ3n) is 15.3. The Bertz CT molecular complexity index is 3740. The van der Waals surface area contributed by atoms with Gasteiger partial charge in [-0.1, -0.05) is 91.0 Å². The van der Waals surface area contributed by atoms with E-state index in [9.17, 15) is 24.0 Å². The lowest BCUT2D eigenvalue weighted by Gasteiger charge is -2.38. The Morgan fingerprint density at radius 1 is 0.595 bits per heavy atom. The molecule has 3 amide bonds. The number of aryl methyl sites for hydroxylation is 2. The second-order valence-electron chi connectivity index (χ2n) is 22.2. The lowest BCUT2D eigenvalue weighted by Crippen LogP contribution is -2.57. The molecule has 0 aliphatic carbocycles. The maximum Gasteiger partial charge on any atom is 0.411 e. The van der Waals surface area contributed by atoms with Crippen molar-refractivity contribution in [3.63, 3.8) is 0 Å². The molecule has 9 aromatic rings. The van der Waals surface area contributed by atoms with E-state index in [2.05, 4.69) is 77.2 Å². The minimum absolute atomic E-state index is 0.0363. The zero-order chi connectivity index (χ0) is 59.1. The number of hydrogen-bond donors (Lipinski definition) is 4. The highest BCUT2D eigenvalue weighted by Gasteiger charge is 2.42. The molecule has 2 saturated heterocycles. The second-order valence-corrected chi connectivity index (χ2v) is 22.2. The van der Waals surface area contributed by atoms with Crippen molar-refractivity contribution >= 4 is 51.7 Å². The highest BCUT2D eigenvalue weighted by molar-refractivity contribution is 6.03. The Morgan fingerprint density at radius 2 is 1.13 bits per heavy atom. The molecule has 0 spiro atoms. The molecule has 2 fully saturated rings. The monoisotopic (exact) mass is 1130 g/mol. The number of esters is 2. The van der Waals surface area contributed by atoms with Crippen LogP contribution in [-0.2, 0) is 29.3 Å². The summed E-state index contributed by atoms with van der Waals surface area (Å²) < 4.78 is 17.5. The highest BCUT2D eigenvalue weighted by Crippen LogP contribution is 2.44. The van der Waals surface area contributed by atoms with Crippen molar-refractivity contribution in [2.45, 2.75) is 95.6 Å². The number of pyridine rings is 2. The number of amides is 3. The Morgan fingerprint density at radius 3 is 1.67 bits per heavy atom. The van der Waals surface area contributed by atoms with Gasteiger partial charge in [0.25, 0.3) is 11.8 Å². The van der Waals surface area contributed by atoms with Crippen LogP contribution in [0.3, 0.4) is 0 Å². The third-order valence-corrected chi connectivity index (χ3v) is 15.3. The summed E-state index contributed by atoms with van der Waals surface area (Å²) in [6.07, 6.45) is 5.02. The number of nitrogens with one attached hydrogen (secondary N) is 4. The number of nitrogens with zero attached hydrogens (tertiary/aromatic N) is 6. The average Bonchev–Trinajstić information content (AvgIpc) is 1.69. The number of aromatic amines is 1. The van der Waals surface area contributed by atoms with E-state index in [1.807, 2.05) is 123 Å². The minimum Gasteiger partial charge on any atom is -0.468 e. The average molecular weight is 1130 g/mol. The van der Waals surface area contributed by atoms with Crippen molar-refractivity contribution in [1.82, 2.24) is 50.8 Å². The number of ether oxygens (including phenoxy) is 3. The minimum atomic E-state index is -0.893. The molecule has 11 rings (SSSR count). The number of piperidine rings is 2. The molecule has 430 valence electrons. The van der Waals surface area contributed by atoms with Crippen LogP contribution in [0.5, 0.6) is 0 Å². The van der Waals surface area contributed by atoms with Gasteiger partial charge in [-0.3, -0.25) is 34.4 Å². The number of rotatable bonds is 12. The second kappa shape index (κ2) is 24.9. The molecule has 84 heavy (non-hydrogen) atoms. The molecule has 18 heteroatoms. The van der Waals surface area contributed by atoms with E-state index in [4.69, 9.17) is 19.3 Å². The van der Waals surface area contributed by atoms with Crippen LogP contribution in [0, 0.1) is 13.8 Å². The molecule has 2 aliphatic heterocycles. The van der Waals surface area contributed by atoms with Gasteiger partial charge in [-0.25, -0.2) is 14.3 Å². The summed E-state index contributed by atoms with van der Waals surface area (Å²) in [4.78, 5) is 74.5.